The van der Waals surface area contributed by atoms with Crippen molar-refractivity contribution in [3.05, 3.63) is 34.4 Å². The molecule has 0 atom stereocenters. The van der Waals surface area contributed by atoms with Crippen LogP contribution < -0.4 is 11.1 Å². The number of anilines is 1. The highest BCUT2D eigenvalue weighted by atomic mass is 16.6. The maximum absolute atomic E-state index is 11.7. The standard InChI is InChI=1S/C12H14N4O5/c13-6-1-7-15(8-17)12(19)11(18)14-9-2-4-10(5-3-9)16(20)21/h2-5,8H,1,6-7,13H2,(H,14,18). The first-order valence-corrected chi connectivity index (χ1v) is 6.01. The number of rotatable bonds is 6. The number of benzene rings is 1. The second-order valence-electron chi connectivity index (χ2n) is 4.00. The summed E-state index contributed by atoms with van der Waals surface area (Å²) in [5, 5.41) is 12.7. The van der Waals surface area contributed by atoms with Crippen LogP contribution in [0.5, 0.6) is 0 Å². The lowest BCUT2D eigenvalue weighted by Crippen LogP contribution is -2.39. The maximum atomic E-state index is 11.7. The summed E-state index contributed by atoms with van der Waals surface area (Å²) in [4.78, 5) is 44.7. The number of nitrogens with zero attached hydrogens (tertiary/aromatic N) is 2. The molecule has 0 saturated heterocycles. The van der Waals surface area contributed by atoms with Crippen molar-refractivity contribution in [3.63, 3.8) is 0 Å². The Balaban J connectivity index is 2.68. The number of hydrogen-bond acceptors (Lipinski definition) is 6. The summed E-state index contributed by atoms with van der Waals surface area (Å²) in [6.07, 6.45) is 0.642. The molecule has 0 aliphatic carbocycles. The van der Waals surface area contributed by atoms with E-state index >= 15 is 0 Å². The minimum Gasteiger partial charge on any atom is -0.330 e. The van der Waals surface area contributed by atoms with Gasteiger partial charge in [-0.3, -0.25) is 29.4 Å². The summed E-state index contributed by atoms with van der Waals surface area (Å²) >= 11 is 0. The van der Waals surface area contributed by atoms with E-state index in [9.17, 15) is 24.5 Å². The molecule has 0 aliphatic rings. The number of non-ortho nitro benzene ring substituents is 1. The molecular weight excluding hydrogens is 280 g/mol. The number of nitrogens with one attached hydrogen (secondary N) is 1. The lowest BCUT2D eigenvalue weighted by molar-refractivity contribution is -0.384. The van der Waals surface area contributed by atoms with E-state index in [0.29, 0.717) is 11.3 Å². The normalized spacial score (nSPS) is 9.76. The Morgan fingerprint density at radius 1 is 1.33 bits per heavy atom. The average molecular weight is 294 g/mol. The summed E-state index contributed by atoms with van der Waals surface area (Å²) in [5.74, 6) is -2.02. The Bertz CT molecular complexity index is 543. The molecule has 3 N–H and O–H groups in total. The van der Waals surface area contributed by atoms with Gasteiger partial charge in [-0.25, -0.2) is 0 Å². The topological polar surface area (TPSA) is 136 Å². The van der Waals surface area contributed by atoms with Gasteiger partial charge in [-0.2, -0.15) is 0 Å². The summed E-state index contributed by atoms with van der Waals surface area (Å²) < 4.78 is 0. The Morgan fingerprint density at radius 2 is 1.95 bits per heavy atom. The number of nitrogens with two attached hydrogens (primary N) is 1. The van der Waals surface area contributed by atoms with Crippen LogP contribution in [0.15, 0.2) is 24.3 Å². The van der Waals surface area contributed by atoms with E-state index in [2.05, 4.69) is 5.32 Å². The zero-order valence-corrected chi connectivity index (χ0v) is 11.0. The molecule has 0 spiro atoms. The average Bonchev–Trinajstić information content (AvgIpc) is 2.48. The van der Waals surface area contributed by atoms with Crippen molar-refractivity contribution in [2.24, 2.45) is 5.73 Å². The quantitative estimate of drug-likeness (QED) is 0.324. The lowest BCUT2D eigenvalue weighted by Gasteiger charge is -2.14. The van der Waals surface area contributed by atoms with Crippen molar-refractivity contribution in [1.29, 1.82) is 0 Å². The van der Waals surface area contributed by atoms with Gasteiger partial charge >= 0.3 is 11.8 Å². The molecule has 0 aromatic heterocycles. The van der Waals surface area contributed by atoms with Crippen LogP contribution >= 0.6 is 0 Å². The van der Waals surface area contributed by atoms with Gasteiger partial charge in [0.15, 0.2) is 0 Å². The van der Waals surface area contributed by atoms with E-state index in [1.165, 1.54) is 24.3 Å². The third-order valence-corrected chi connectivity index (χ3v) is 2.52. The van der Waals surface area contributed by atoms with Gasteiger partial charge in [0.2, 0.25) is 6.41 Å². The molecule has 9 heteroatoms. The predicted molar refractivity (Wildman–Crippen MR) is 73.2 cm³/mol. The van der Waals surface area contributed by atoms with Crippen molar-refractivity contribution in [3.8, 4) is 0 Å². The van der Waals surface area contributed by atoms with Crippen LogP contribution in [-0.4, -0.2) is 41.1 Å². The van der Waals surface area contributed by atoms with Crippen molar-refractivity contribution in [1.82, 2.24) is 4.90 Å². The number of amides is 3. The smallest absolute Gasteiger partial charge is 0.318 e. The Labute approximate surface area is 119 Å². The molecule has 3 amide bonds. The third kappa shape index (κ3) is 4.66. The number of hydrogen-bond donors (Lipinski definition) is 2. The van der Waals surface area contributed by atoms with Gasteiger partial charge in [0.25, 0.3) is 5.69 Å². The van der Waals surface area contributed by atoms with Crippen molar-refractivity contribution in [2.75, 3.05) is 18.4 Å². The molecule has 112 valence electrons. The molecule has 0 heterocycles. The number of nitro groups is 1. The third-order valence-electron chi connectivity index (χ3n) is 2.52. The molecule has 1 rings (SSSR count). The van der Waals surface area contributed by atoms with Crippen molar-refractivity contribution >= 4 is 29.6 Å². The van der Waals surface area contributed by atoms with Crippen LogP contribution in [0.25, 0.3) is 0 Å². The van der Waals surface area contributed by atoms with Crippen molar-refractivity contribution in [2.45, 2.75) is 6.42 Å². The van der Waals surface area contributed by atoms with Crippen LogP contribution in [0, 0.1) is 10.1 Å². The molecule has 0 radical (unpaired) electrons. The molecule has 21 heavy (non-hydrogen) atoms. The highest BCUT2D eigenvalue weighted by Gasteiger charge is 2.21. The monoisotopic (exact) mass is 294 g/mol. The second-order valence-corrected chi connectivity index (χ2v) is 4.00. The van der Waals surface area contributed by atoms with E-state index in [0.717, 1.165) is 0 Å². The van der Waals surface area contributed by atoms with E-state index < -0.39 is 16.7 Å². The van der Waals surface area contributed by atoms with Crippen LogP contribution in [0.4, 0.5) is 11.4 Å². The van der Waals surface area contributed by atoms with Gasteiger partial charge < -0.3 is 11.1 Å². The highest BCUT2D eigenvalue weighted by Crippen LogP contribution is 2.15. The van der Waals surface area contributed by atoms with Gasteiger partial charge in [0.05, 0.1) is 4.92 Å². The first kappa shape index (κ1) is 16.2. The molecule has 0 fully saturated rings. The second kappa shape index (κ2) is 7.70. The molecule has 9 nitrogen and oxygen atoms in total. The van der Waals surface area contributed by atoms with E-state index in [4.69, 9.17) is 5.73 Å². The van der Waals surface area contributed by atoms with Gasteiger partial charge in [-0.1, -0.05) is 0 Å². The van der Waals surface area contributed by atoms with Gasteiger partial charge in [0.1, 0.15) is 0 Å². The Hall–Kier alpha value is -2.81. The van der Waals surface area contributed by atoms with Crippen LogP contribution in [0.2, 0.25) is 0 Å². The fourth-order valence-electron chi connectivity index (χ4n) is 1.45. The van der Waals surface area contributed by atoms with E-state index in [1.54, 1.807) is 0 Å². The Kier molecular flexibility index (Phi) is 5.96. The fraction of sp³-hybridized carbons (Fsp3) is 0.250. The summed E-state index contributed by atoms with van der Waals surface area (Å²) in [5.41, 5.74) is 5.33. The molecule has 0 aliphatic heterocycles. The fourth-order valence-corrected chi connectivity index (χ4v) is 1.45. The van der Waals surface area contributed by atoms with Gasteiger partial charge in [-0.05, 0) is 25.1 Å². The molecule has 0 saturated carbocycles. The van der Waals surface area contributed by atoms with E-state index in [1.807, 2.05) is 0 Å². The molecule has 1 aromatic rings. The number of nitro benzene ring substituents is 1. The number of carbonyl (C=O) groups excluding carboxylic acids is 3. The summed E-state index contributed by atoms with van der Waals surface area (Å²) in [6, 6.07) is 4.95. The van der Waals surface area contributed by atoms with E-state index in [-0.39, 0.29) is 30.9 Å². The van der Waals surface area contributed by atoms with Crippen molar-refractivity contribution < 1.29 is 19.3 Å². The first-order chi connectivity index (χ1) is 9.99. The summed E-state index contributed by atoms with van der Waals surface area (Å²) in [7, 11) is 0. The van der Waals surface area contributed by atoms with Crippen LogP contribution in [-0.2, 0) is 14.4 Å². The number of carbonyl (C=O) groups is 3. The maximum Gasteiger partial charge on any atom is 0.318 e. The highest BCUT2D eigenvalue weighted by molar-refractivity contribution is 6.41. The SMILES string of the molecule is NCCCN(C=O)C(=O)C(=O)Nc1ccc([N+](=O)[O-])cc1. The van der Waals surface area contributed by atoms with Crippen LogP contribution in [0.1, 0.15) is 6.42 Å². The molecule has 0 bridgehead atoms. The van der Waals surface area contributed by atoms with Crippen LogP contribution in [0.3, 0.4) is 0 Å². The lowest BCUT2D eigenvalue weighted by atomic mass is 10.3. The number of imide groups is 1. The Morgan fingerprint density at radius 3 is 2.43 bits per heavy atom. The predicted octanol–water partition coefficient (Wildman–Crippen LogP) is -0.133. The zero-order chi connectivity index (χ0) is 15.8. The molecule has 1 aromatic carbocycles. The molecule has 0 unspecified atom stereocenters. The summed E-state index contributed by atoms with van der Waals surface area (Å²) in [6.45, 7) is 0.327. The first-order valence-electron chi connectivity index (χ1n) is 6.01. The van der Waals surface area contributed by atoms with Gasteiger partial charge in [0, 0.05) is 24.4 Å². The largest absolute Gasteiger partial charge is 0.330 e. The minimum atomic E-state index is -1.02. The minimum absolute atomic E-state index is 0.0481. The zero-order valence-electron chi connectivity index (χ0n) is 11.0. The molecular formula is C12H14N4O5. The van der Waals surface area contributed by atoms with Gasteiger partial charge in [-0.15, -0.1) is 0 Å².